The van der Waals surface area contributed by atoms with Crippen LogP contribution >= 0.6 is 0 Å². The van der Waals surface area contributed by atoms with E-state index in [9.17, 15) is 5.26 Å². The number of aromatic nitrogens is 1. The molecule has 5 rings (SSSR count). The first-order valence-corrected chi connectivity index (χ1v) is 10.5. The highest BCUT2D eigenvalue weighted by Gasteiger charge is 2.41. The Morgan fingerprint density at radius 1 is 1.10 bits per heavy atom. The van der Waals surface area contributed by atoms with Crippen molar-refractivity contribution < 1.29 is 0 Å². The van der Waals surface area contributed by atoms with Crippen LogP contribution in [0.2, 0.25) is 0 Å². The normalized spacial score (nSPS) is 29.3. The lowest BCUT2D eigenvalue weighted by molar-refractivity contribution is 0.266. The SMILES string of the molecule is N#Cc1cc(C2NNC3CNC(c4cccnc4)CC32)cc(N2CCNCC2)c1. The number of hydrogen-bond acceptors (Lipinski definition) is 7. The fraction of sp³-hybridized carbons (Fsp3) is 0.455. The first kappa shape index (κ1) is 18.5. The van der Waals surface area contributed by atoms with Gasteiger partial charge in [-0.15, -0.1) is 0 Å². The van der Waals surface area contributed by atoms with Gasteiger partial charge in [-0.05, 0) is 47.7 Å². The molecule has 7 heteroatoms. The van der Waals surface area contributed by atoms with Crippen LogP contribution in [0.25, 0.3) is 0 Å². The Hall–Kier alpha value is -2.50. The van der Waals surface area contributed by atoms with E-state index in [2.05, 4.69) is 55.6 Å². The molecule has 150 valence electrons. The summed E-state index contributed by atoms with van der Waals surface area (Å²) in [6, 6.07) is 13.7. The fourth-order valence-corrected chi connectivity index (χ4v) is 4.92. The molecule has 4 N–H and O–H groups in total. The second kappa shape index (κ2) is 8.09. The highest BCUT2D eigenvalue weighted by molar-refractivity contribution is 5.55. The summed E-state index contributed by atoms with van der Waals surface area (Å²) in [7, 11) is 0. The number of hydrogen-bond donors (Lipinski definition) is 4. The minimum absolute atomic E-state index is 0.191. The average molecular weight is 390 g/mol. The minimum atomic E-state index is 0.191. The Morgan fingerprint density at radius 2 is 2.00 bits per heavy atom. The van der Waals surface area contributed by atoms with E-state index < -0.39 is 0 Å². The third-order valence-electron chi connectivity index (χ3n) is 6.46. The smallest absolute Gasteiger partial charge is 0.0992 e. The van der Waals surface area contributed by atoms with Crippen LogP contribution in [0, 0.1) is 17.2 Å². The van der Waals surface area contributed by atoms with E-state index in [0.29, 0.717) is 18.0 Å². The third kappa shape index (κ3) is 3.72. The summed E-state index contributed by atoms with van der Waals surface area (Å²) in [6.07, 6.45) is 4.81. The zero-order chi connectivity index (χ0) is 19.6. The van der Waals surface area contributed by atoms with Gasteiger partial charge in [0, 0.05) is 62.9 Å². The maximum atomic E-state index is 9.62. The number of nitrogens with one attached hydrogen (secondary N) is 4. The molecule has 0 spiro atoms. The van der Waals surface area contributed by atoms with E-state index >= 15 is 0 Å². The van der Waals surface area contributed by atoms with E-state index in [-0.39, 0.29) is 6.04 Å². The van der Waals surface area contributed by atoms with Gasteiger partial charge in [0.15, 0.2) is 0 Å². The van der Waals surface area contributed by atoms with Crippen molar-refractivity contribution in [2.24, 2.45) is 5.92 Å². The number of hydrazine groups is 1. The van der Waals surface area contributed by atoms with Crippen molar-refractivity contribution in [1.29, 1.82) is 5.26 Å². The van der Waals surface area contributed by atoms with Crippen LogP contribution in [-0.2, 0) is 0 Å². The Bertz CT molecular complexity index is 888. The number of anilines is 1. The molecule has 7 nitrogen and oxygen atoms in total. The van der Waals surface area contributed by atoms with Crippen molar-refractivity contribution in [3.8, 4) is 6.07 Å². The summed E-state index contributed by atoms with van der Waals surface area (Å²) < 4.78 is 0. The van der Waals surface area contributed by atoms with Crippen LogP contribution in [0.1, 0.15) is 35.2 Å². The first-order valence-electron chi connectivity index (χ1n) is 10.5. The van der Waals surface area contributed by atoms with Crippen molar-refractivity contribution in [3.63, 3.8) is 0 Å². The van der Waals surface area contributed by atoms with E-state index in [4.69, 9.17) is 0 Å². The quantitative estimate of drug-likeness (QED) is 0.628. The Kier molecular flexibility index (Phi) is 5.17. The molecule has 1 aromatic carbocycles. The molecule has 1 aromatic heterocycles. The Morgan fingerprint density at radius 3 is 2.79 bits per heavy atom. The molecule has 3 saturated heterocycles. The third-order valence-corrected chi connectivity index (χ3v) is 6.46. The summed E-state index contributed by atoms with van der Waals surface area (Å²) >= 11 is 0. The predicted molar refractivity (Wildman–Crippen MR) is 112 cm³/mol. The molecule has 0 radical (unpaired) electrons. The lowest BCUT2D eigenvalue weighted by Crippen LogP contribution is -2.46. The van der Waals surface area contributed by atoms with Crippen molar-refractivity contribution in [2.75, 3.05) is 37.6 Å². The lowest BCUT2D eigenvalue weighted by Gasteiger charge is -2.35. The second-order valence-electron chi connectivity index (χ2n) is 8.18. The zero-order valence-corrected chi connectivity index (χ0v) is 16.4. The number of benzene rings is 1. The summed E-state index contributed by atoms with van der Waals surface area (Å²) in [6.45, 7) is 4.83. The summed E-state index contributed by atoms with van der Waals surface area (Å²) in [5.74, 6) is 0.450. The number of pyridine rings is 1. The molecule has 3 aliphatic heterocycles. The van der Waals surface area contributed by atoms with E-state index in [0.717, 1.165) is 50.4 Å². The standard InChI is InChI=1S/C22H27N7/c23-12-15-8-17(10-18(9-15)29-6-4-24-5-7-29)22-19-11-20(16-2-1-3-25-13-16)26-14-21(19)27-28-22/h1-3,8-10,13,19-22,24,26-28H,4-7,11,14H2. The van der Waals surface area contributed by atoms with Gasteiger partial charge in [0.1, 0.15) is 0 Å². The zero-order valence-electron chi connectivity index (χ0n) is 16.4. The van der Waals surface area contributed by atoms with E-state index in [1.165, 1.54) is 11.1 Å². The van der Waals surface area contributed by atoms with Gasteiger partial charge in [-0.25, -0.2) is 5.43 Å². The molecule has 2 aromatic rings. The Labute approximate surface area is 171 Å². The van der Waals surface area contributed by atoms with Gasteiger partial charge in [0.05, 0.1) is 17.7 Å². The molecule has 0 bridgehead atoms. The number of nitriles is 1. The molecule has 29 heavy (non-hydrogen) atoms. The van der Waals surface area contributed by atoms with Crippen LogP contribution < -0.4 is 26.4 Å². The molecule has 0 aliphatic carbocycles. The fourth-order valence-electron chi connectivity index (χ4n) is 4.92. The maximum Gasteiger partial charge on any atom is 0.0992 e. The van der Waals surface area contributed by atoms with Crippen molar-refractivity contribution in [1.82, 2.24) is 26.5 Å². The topological polar surface area (TPSA) is 88.0 Å². The minimum Gasteiger partial charge on any atom is -0.369 e. The molecular weight excluding hydrogens is 362 g/mol. The van der Waals surface area contributed by atoms with E-state index in [1.807, 2.05) is 24.5 Å². The lowest BCUT2D eigenvalue weighted by atomic mass is 9.80. The second-order valence-corrected chi connectivity index (χ2v) is 8.18. The van der Waals surface area contributed by atoms with Crippen molar-refractivity contribution in [2.45, 2.75) is 24.5 Å². The maximum absolute atomic E-state index is 9.62. The van der Waals surface area contributed by atoms with Gasteiger partial charge in [-0.1, -0.05) is 6.07 Å². The van der Waals surface area contributed by atoms with Gasteiger partial charge < -0.3 is 15.5 Å². The highest BCUT2D eigenvalue weighted by atomic mass is 15.4. The van der Waals surface area contributed by atoms with Gasteiger partial charge >= 0.3 is 0 Å². The molecule has 4 unspecified atom stereocenters. The monoisotopic (exact) mass is 389 g/mol. The highest BCUT2D eigenvalue weighted by Crippen LogP contribution is 2.39. The number of piperazine rings is 1. The molecule has 4 atom stereocenters. The van der Waals surface area contributed by atoms with Crippen molar-refractivity contribution in [3.05, 3.63) is 59.4 Å². The Balaban J connectivity index is 1.42. The summed E-state index contributed by atoms with van der Waals surface area (Å²) in [5, 5.41) is 16.7. The molecule has 4 heterocycles. The number of fused-ring (bicyclic) bond motifs is 1. The average Bonchev–Trinajstić information content (AvgIpc) is 3.23. The summed E-state index contributed by atoms with van der Waals surface area (Å²) in [4.78, 5) is 6.67. The van der Waals surface area contributed by atoms with Gasteiger partial charge in [-0.3, -0.25) is 10.4 Å². The van der Waals surface area contributed by atoms with Gasteiger partial charge in [0.25, 0.3) is 0 Å². The van der Waals surface area contributed by atoms with Crippen LogP contribution in [0.4, 0.5) is 5.69 Å². The molecule has 3 aliphatic rings. The van der Waals surface area contributed by atoms with E-state index in [1.54, 1.807) is 0 Å². The molecule has 0 amide bonds. The van der Waals surface area contributed by atoms with Crippen LogP contribution in [0.15, 0.2) is 42.7 Å². The largest absolute Gasteiger partial charge is 0.369 e. The van der Waals surface area contributed by atoms with Gasteiger partial charge in [-0.2, -0.15) is 5.26 Å². The predicted octanol–water partition coefficient (Wildman–Crippen LogP) is 1.23. The van der Waals surface area contributed by atoms with Crippen LogP contribution in [0.3, 0.4) is 0 Å². The molecular formula is C22H27N7. The molecule has 0 saturated carbocycles. The van der Waals surface area contributed by atoms with Crippen LogP contribution in [-0.4, -0.2) is 43.7 Å². The number of rotatable bonds is 3. The van der Waals surface area contributed by atoms with Crippen LogP contribution in [0.5, 0.6) is 0 Å². The molecule has 3 fully saturated rings. The van der Waals surface area contributed by atoms with Crippen molar-refractivity contribution >= 4 is 5.69 Å². The number of piperidine rings is 1. The first-order chi connectivity index (χ1) is 14.3. The van der Waals surface area contributed by atoms with Gasteiger partial charge in [0.2, 0.25) is 0 Å². The summed E-state index contributed by atoms with van der Waals surface area (Å²) in [5.41, 5.74) is 11.3. The number of nitrogens with zero attached hydrogens (tertiary/aromatic N) is 3.